The van der Waals surface area contributed by atoms with Crippen LogP contribution in [0, 0.1) is 5.92 Å². The summed E-state index contributed by atoms with van der Waals surface area (Å²) in [5, 5.41) is 0. The Morgan fingerprint density at radius 3 is 2.44 bits per heavy atom. The molecule has 1 aromatic heterocycles. The van der Waals surface area contributed by atoms with Gasteiger partial charge in [0, 0.05) is 31.8 Å². The van der Waals surface area contributed by atoms with Gasteiger partial charge in [0.25, 0.3) is 0 Å². The van der Waals surface area contributed by atoms with Crippen LogP contribution >= 0.6 is 0 Å². The number of carbonyl (C=O) groups excluding carboxylic acids is 3. The van der Waals surface area contributed by atoms with Crippen LogP contribution in [-0.2, 0) is 28.4 Å². The van der Waals surface area contributed by atoms with E-state index in [2.05, 4.69) is 4.98 Å². The van der Waals surface area contributed by atoms with Crippen molar-refractivity contribution in [2.45, 2.75) is 97.1 Å². The van der Waals surface area contributed by atoms with Crippen LogP contribution in [0.1, 0.15) is 87.6 Å². The molecule has 5 atom stereocenters. The van der Waals surface area contributed by atoms with Crippen LogP contribution in [0.3, 0.4) is 0 Å². The molecule has 1 amide bonds. The molecule has 0 radical (unpaired) electrons. The highest BCUT2D eigenvalue weighted by Crippen LogP contribution is 2.36. The van der Waals surface area contributed by atoms with Gasteiger partial charge >= 0.3 is 18.0 Å². The van der Waals surface area contributed by atoms with Crippen LogP contribution in [0.4, 0.5) is 10.6 Å². The number of pyridine rings is 1. The summed E-state index contributed by atoms with van der Waals surface area (Å²) in [6, 6.07) is 17.4. The molecule has 2 aliphatic heterocycles. The SMILES string of the molecule is COCOc1cc(OCCCN(C(=O)OC(C)(C)C)c2ccccn2)cc2c1C(=O)OC(C)[C@H](C)C=CC(OC(=O)c1ccccc1)[C@H]1OC(C)(C)O[C@H]1CC=C2. The molecule has 2 aromatic carbocycles. The summed E-state index contributed by atoms with van der Waals surface area (Å²) in [6.45, 7) is 13.1. The van der Waals surface area contributed by atoms with Crippen molar-refractivity contribution < 1.29 is 52.3 Å². The Bertz CT molecular complexity index is 1870. The standard InChI is InChI=1S/C44H54N2O11/c1-29-21-22-34(54-40(47)31-16-10-9-11-17-31)39-35(55-44(6,7)56-39)19-14-18-32-26-33(27-36(52-28-50-8)38(32)41(48)53-30(29)2)51-25-15-24-46(37-20-12-13-23-45-37)42(49)57-43(3,4)5/h9-14,16-18,20-23,26-27,29-30,34-35,39H,15,19,24-25,28H2,1-8H3/t29-,30?,34?,35+,39-/m1/s1. The van der Waals surface area contributed by atoms with Crippen molar-refractivity contribution in [3.8, 4) is 11.5 Å². The van der Waals surface area contributed by atoms with E-state index in [1.165, 1.54) is 12.0 Å². The Hall–Kier alpha value is -5.24. The second-order valence-electron chi connectivity index (χ2n) is 15.3. The normalized spacial score (nSPS) is 22.0. The van der Waals surface area contributed by atoms with Crippen LogP contribution < -0.4 is 14.4 Å². The van der Waals surface area contributed by atoms with Gasteiger partial charge in [-0.05, 0) is 96.4 Å². The molecule has 0 bridgehead atoms. The molecule has 3 heterocycles. The zero-order valence-electron chi connectivity index (χ0n) is 34.0. The van der Waals surface area contributed by atoms with Gasteiger partial charge in [-0.15, -0.1) is 0 Å². The number of benzene rings is 2. The highest BCUT2D eigenvalue weighted by Gasteiger charge is 2.45. The van der Waals surface area contributed by atoms with Gasteiger partial charge in [-0.1, -0.05) is 49.4 Å². The van der Waals surface area contributed by atoms with Crippen molar-refractivity contribution in [1.82, 2.24) is 4.98 Å². The lowest BCUT2D eigenvalue weighted by molar-refractivity contribution is -0.152. The number of hydrogen-bond acceptors (Lipinski definition) is 12. The van der Waals surface area contributed by atoms with E-state index in [9.17, 15) is 14.4 Å². The maximum Gasteiger partial charge on any atom is 0.416 e. The van der Waals surface area contributed by atoms with E-state index in [-0.39, 0.29) is 37.2 Å². The van der Waals surface area contributed by atoms with E-state index < -0.39 is 53.8 Å². The number of amides is 1. The zero-order chi connectivity index (χ0) is 41.2. The van der Waals surface area contributed by atoms with E-state index in [0.717, 1.165) is 0 Å². The fourth-order valence-corrected chi connectivity index (χ4v) is 6.23. The Kier molecular flexibility index (Phi) is 14.5. The van der Waals surface area contributed by atoms with Crippen molar-refractivity contribution in [2.75, 3.05) is 32.0 Å². The third kappa shape index (κ3) is 12.1. The molecule has 57 heavy (non-hydrogen) atoms. The molecule has 0 spiro atoms. The monoisotopic (exact) mass is 786 g/mol. The van der Waals surface area contributed by atoms with E-state index in [0.29, 0.717) is 35.5 Å². The lowest BCUT2D eigenvalue weighted by Crippen LogP contribution is -2.38. The largest absolute Gasteiger partial charge is 0.493 e. The summed E-state index contributed by atoms with van der Waals surface area (Å²) in [6.07, 6.45) is 6.57. The quantitative estimate of drug-likeness (QED) is 0.0609. The van der Waals surface area contributed by atoms with Crippen molar-refractivity contribution in [3.63, 3.8) is 0 Å². The Labute approximate surface area is 334 Å². The highest BCUT2D eigenvalue weighted by atomic mass is 16.8. The number of aromatic nitrogens is 1. The minimum Gasteiger partial charge on any atom is -0.493 e. The molecule has 13 nitrogen and oxygen atoms in total. The second-order valence-corrected chi connectivity index (χ2v) is 15.3. The average Bonchev–Trinajstić information content (AvgIpc) is 3.48. The number of hydrogen-bond donors (Lipinski definition) is 0. The van der Waals surface area contributed by atoms with Crippen molar-refractivity contribution in [1.29, 1.82) is 0 Å². The molecule has 0 aliphatic carbocycles. The molecule has 2 unspecified atom stereocenters. The van der Waals surface area contributed by atoms with Gasteiger partial charge in [0.1, 0.15) is 46.8 Å². The fourth-order valence-electron chi connectivity index (χ4n) is 6.23. The van der Waals surface area contributed by atoms with Crippen molar-refractivity contribution in [2.24, 2.45) is 5.92 Å². The first-order valence-corrected chi connectivity index (χ1v) is 19.2. The second kappa shape index (κ2) is 19.3. The third-order valence-electron chi connectivity index (χ3n) is 9.08. The summed E-state index contributed by atoms with van der Waals surface area (Å²) in [4.78, 5) is 46.2. The lowest BCUT2D eigenvalue weighted by atomic mass is 9.98. The van der Waals surface area contributed by atoms with Gasteiger partial charge in [-0.25, -0.2) is 19.4 Å². The van der Waals surface area contributed by atoms with Crippen molar-refractivity contribution in [3.05, 3.63) is 102 Å². The molecule has 13 heteroatoms. The van der Waals surface area contributed by atoms with Crippen LogP contribution in [0.25, 0.3) is 6.08 Å². The van der Waals surface area contributed by atoms with Gasteiger partial charge < -0.3 is 37.9 Å². The first-order chi connectivity index (χ1) is 27.1. The molecule has 1 saturated heterocycles. The minimum absolute atomic E-state index is 0.135. The zero-order valence-corrected chi connectivity index (χ0v) is 34.0. The topological polar surface area (TPSA) is 141 Å². The number of anilines is 1. The molecule has 2 aliphatic rings. The van der Waals surface area contributed by atoms with Crippen molar-refractivity contribution >= 4 is 29.9 Å². The summed E-state index contributed by atoms with van der Waals surface area (Å²) < 4.78 is 47.8. The predicted octanol–water partition coefficient (Wildman–Crippen LogP) is 8.18. The molecule has 0 N–H and O–H groups in total. The molecule has 306 valence electrons. The first-order valence-electron chi connectivity index (χ1n) is 19.2. The maximum absolute atomic E-state index is 14.0. The number of carbonyl (C=O) groups is 3. The van der Waals surface area contributed by atoms with E-state index >= 15 is 0 Å². The number of fused-ring (bicyclic) bond motifs is 2. The minimum atomic E-state index is -0.962. The van der Waals surface area contributed by atoms with E-state index in [1.54, 1.807) is 101 Å². The van der Waals surface area contributed by atoms with Gasteiger partial charge in [0.15, 0.2) is 12.6 Å². The van der Waals surface area contributed by atoms with Gasteiger partial charge in [-0.3, -0.25) is 4.90 Å². The lowest BCUT2D eigenvalue weighted by Gasteiger charge is -2.26. The molecule has 1 fully saturated rings. The smallest absolute Gasteiger partial charge is 0.416 e. The highest BCUT2D eigenvalue weighted by molar-refractivity contribution is 5.97. The molecule has 3 aromatic rings. The van der Waals surface area contributed by atoms with Crippen LogP contribution in [0.5, 0.6) is 11.5 Å². The fraction of sp³-hybridized carbons (Fsp3) is 0.455. The number of ether oxygens (including phenoxy) is 8. The molecular weight excluding hydrogens is 732 g/mol. The van der Waals surface area contributed by atoms with Gasteiger partial charge in [-0.2, -0.15) is 0 Å². The number of nitrogens with zero attached hydrogens (tertiary/aromatic N) is 2. The van der Waals surface area contributed by atoms with Gasteiger partial charge in [0.05, 0.1) is 18.3 Å². The Morgan fingerprint density at radius 2 is 1.74 bits per heavy atom. The molecule has 5 rings (SSSR count). The van der Waals surface area contributed by atoms with Crippen LogP contribution in [0.15, 0.2) is 85.1 Å². The third-order valence-corrected chi connectivity index (χ3v) is 9.08. The van der Waals surface area contributed by atoms with Crippen LogP contribution in [0.2, 0.25) is 0 Å². The molecular formula is C44H54N2O11. The first kappa shape index (κ1) is 42.9. The summed E-state index contributed by atoms with van der Waals surface area (Å²) in [7, 11) is 1.48. The van der Waals surface area contributed by atoms with Gasteiger partial charge in [0.2, 0.25) is 0 Å². The van der Waals surface area contributed by atoms with E-state index in [1.807, 2.05) is 39.0 Å². The predicted molar refractivity (Wildman–Crippen MR) is 213 cm³/mol. The van der Waals surface area contributed by atoms with Crippen LogP contribution in [-0.4, -0.2) is 85.9 Å². The summed E-state index contributed by atoms with van der Waals surface area (Å²) in [5.41, 5.74) is 0.379. The number of rotatable bonds is 11. The Balaban J connectivity index is 1.43. The molecule has 0 saturated carbocycles. The summed E-state index contributed by atoms with van der Waals surface area (Å²) >= 11 is 0. The summed E-state index contributed by atoms with van der Waals surface area (Å²) in [5.74, 6) is -1.28. The number of methoxy groups -OCH3 is 1. The average molecular weight is 787 g/mol. The number of esters is 2. The Morgan fingerprint density at radius 1 is 0.982 bits per heavy atom. The number of cyclic esters (lactones) is 1. The maximum atomic E-state index is 14.0. The van der Waals surface area contributed by atoms with E-state index in [4.69, 9.17) is 37.9 Å².